The molecule has 0 spiro atoms. The van der Waals surface area contributed by atoms with Crippen molar-refractivity contribution >= 4 is 23.8 Å². The summed E-state index contributed by atoms with van der Waals surface area (Å²) in [5.74, 6) is -1.53. The number of hydrogen-bond donors (Lipinski definition) is 1. The summed E-state index contributed by atoms with van der Waals surface area (Å²) in [4.78, 5) is 51.8. The van der Waals surface area contributed by atoms with E-state index in [1.165, 1.54) is 6.92 Å². The van der Waals surface area contributed by atoms with Crippen LogP contribution in [0.4, 0.5) is 4.79 Å². The highest BCUT2D eigenvalue weighted by atomic mass is 16.5. The number of imide groups is 1. The molecule has 0 radical (unpaired) electrons. The van der Waals surface area contributed by atoms with Crippen molar-refractivity contribution in [3.05, 3.63) is 0 Å². The molecule has 0 aromatic carbocycles. The standard InChI is InChI=1S/C18H31N3O5/c1-8-18(9-2)16(24)20(17(25)19-18)10-14(22)26-13(7)15(23)21(11(3)4)12(5)6/h11-13H,8-10H2,1-7H3,(H,19,25)/t13-/m0/s1. The molecule has 1 heterocycles. The van der Waals surface area contributed by atoms with Crippen molar-refractivity contribution < 1.29 is 23.9 Å². The molecule has 148 valence electrons. The quantitative estimate of drug-likeness (QED) is 0.519. The second-order valence-electron chi connectivity index (χ2n) is 7.18. The van der Waals surface area contributed by atoms with E-state index in [-0.39, 0.29) is 18.0 Å². The molecule has 0 bridgehead atoms. The van der Waals surface area contributed by atoms with E-state index >= 15 is 0 Å². The fourth-order valence-electron chi connectivity index (χ4n) is 3.28. The van der Waals surface area contributed by atoms with Gasteiger partial charge in [-0.1, -0.05) is 13.8 Å². The van der Waals surface area contributed by atoms with Crippen LogP contribution in [0.25, 0.3) is 0 Å². The Morgan fingerprint density at radius 3 is 1.96 bits per heavy atom. The highest BCUT2D eigenvalue weighted by Crippen LogP contribution is 2.24. The van der Waals surface area contributed by atoms with Crippen molar-refractivity contribution in [2.24, 2.45) is 0 Å². The maximum absolute atomic E-state index is 12.5. The molecule has 1 saturated heterocycles. The maximum Gasteiger partial charge on any atom is 0.327 e. The average molecular weight is 369 g/mol. The summed E-state index contributed by atoms with van der Waals surface area (Å²) in [5.41, 5.74) is -0.967. The highest BCUT2D eigenvalue weighted by molar-refractivity contribution is 6.08. The van der Waals surface area contributed by atoms with Gasteiger partial charge in [0.2, 0.25) is 0 Å². The zero-order valence-electron chi connectivity index (χ0n) is 16.8. The molecule has 4 amide bonds. The molecule has 26 heavy (non-hydrogen) atoms. The first-order valence-corrected chi connectivity index (χ1v) is 9.16. The van der Waals surface area contributed by atoms with Crippen molar-refractivity contribution in [2.75, 3.05) is 6.54 Å². The molecular weight excluding hydrogens is 338 g/mol. The minimum atomic E-state index is -0.991. The average Bonchev–Trinajstić information content (AvgIpc) is 2.78. The Kier molecular flexibility index (Phi) is 7.17. The molecule has 0 unspecified atom stereocenters. The first-order valence-electron chi connectivity index (χ1n) is 9.16. The largest absolute Gasteiger partial charge is 0.451 e. The number of nitrogens with zero attached hydrogens (tertiary/aromatic N) is 2. The molecule has 1 aliphatic rings. The van der Waals surface area contributed by atoms with Crippen LogP contribution in [0.3, 0.4) is 0 Å². The van der Waals surface area contributed by atoms with Crippen LogP contribution < -0.4 is 5.32 Å². The molecule has 1 rings (SSSR count). The summed E-state index contributed by atoms with van der Waals surface area (Å²) in [6.07, 6.45) is -0.117. The summed E-state index contributed by atoms with van der Waals surface area (Å²) < 4.78 is 5.18. The van der Waals surface area contributed by atoms with Gasteiger partial charge < -0.3 is 15.0 Å². The second-order valence-corrected chi connectivity index (χ2v) is 7.18. The zero-order valence-corrected chi connectivity index (χ0v) is 16.8. The van der Waals surface area contributed by atoms with E-state index in [0.717, 1.165) is 4.90 Å². The number of carbonyl (C=O) groups is 4. The predicted molar refractivity (Wildman–Crippen MR) is 96.2 cm³/mol. The van der Waals surface area contributed by atoms with Gasteiger partial charge in [-0.15, -0.1) is 0 Å². The Morgan fingerprint density at radius 1 is 1.08 bits per heavy atom. The van der Waals surface area contributed by atoms with Crippen LogP contribution >= 0.6 is 0 Å². The van der Waals surface area contributed by atoms with Gasteiger partial charge in [-0.25, -0.2) is 4.79 Å². The van der Waals surface area contributed by atoms with Crippen LogP contribution in [0.5, 0.6) is 0 Å². The smallest absolute Gasteiger partial charge is 0.327 e. The Balaban J connectivity index is 2.76. The number of ether oxygens (including phenoxy) is 1. The van der Waals surface area contributed by atoms with E-state index in [9.17, 15) is 19.2 Å². The fourth-order valence-corrected chi connectivity index (χ4v) is 3.28. The molecule has 0 saturated carbocycles. The monoisotopic (exact) mass is 369 g/mol. The Bertz CT molecular complexity index is 561. The van der Waals surface area contributed by atoms with Crippen molar-refractivity contribution in [2.45, 2.75) is 85.0 Å². The minimum absolute atomic E-state index is 0.0377. The summed E-state index contributed by atoms with van der Waals surface area (Å²) in [6.45, 7) is 12.1. The van der Waals surface area contributed by atoms with E-state index in [1.54, 1.807) is 18.7 Å². The molecular formula is C18H31N3O5. The summed E-state index contributed by atoms with van der Waals surface area (Å²) >= 11 is 0. The SMILES string of the molecule is CCC1(CC)NC(=O)N(CC(=O)O[C@@H](C)C(=O)N(C(C)C)C(C)C)C1=O. The van der Waals surface area contributed by atoms with Gasteiger partial charge in [-0.3, -0.25) is 19.3 Å². The second kappa shape index (κ2) is 8.51. The van der Waals surface area contributed by atoms with Gasteiger partial charge in [0.25, 0.3) is 11.8 Å². The molecule has 8 nitrogen and oxygen atoms in total. The number of carbonyl (C=O) groups excluding carboxylic acids is 4. The molecule has 0 aromatic heterocycles. The van der Waals surface area contributed by atoms with Crippen molar-refractivity contribution in [3.63, 3.8) is 0 Å². The predicted octanol–water partition coefficient (Wildman–Crippen LogP) is 1.67. The Hall–Kier alpha value is -2.12. The van der Waals surface area contributed by atoms with Crippen molar-refractivity contribution in [1.82, 2.24) is 15.1 Å². The van der Waals surface area contributed by atoms with Crippen LogP contribution in [0.15, 0.2) is 0 Å². The third-order valence-electron chi connectivity index (χ3n) is 4.76. The minimum Gasteiger partial charge on any atom is -0.451 e. The number of esters is 1. The molecule has 1 atom stereocenters. The van der Waals surface area contributed by atoms with Gasteiger partial charge in [0.05, 0.1) is 0 Å². The molecule has 8 heteroatoms. The third kappa shape index (κ3) is 4.34. The Morgan fingerprint density at radius 2 is 1.58 bits per heavy atom. The number of nitrogens with one attached hydrogen (secondary N) is 1. The number of rotatable bonds is 8. The van der Waals surface area contributed by atoms with Crippen LogP contribution in [0.2, 0.25) is 0 Å². The van der Waals surface area contributed by atoms with E-state index in [2.05, 4.69) is 5.32 Å². The maximum atomic E-state index is 12.5. The number of urea groups is 1. The number of amides is 4. The molecule has 1 N–H and O–H groups in total. The van der Waals surface area contributed by atoms with Crippen molar-refractivity contribution in [1.29, 1.82) is 0 Å². The normalized spacial score (nSPS) is 17.5. The first kappa shape index (κ1) is 21.9. The van der Waals surface area contributed by atoms with Gasteiger partial charge in [-0.05, 0) is 47.5 Å². The molecule has 1 fully saturated rings. The lowest BCUT2D eigenvalue weighted by Crippen LogP contribution is -2.48. The lowest BCUT2D eigenvalue weighted by atomic mass is 9.93. The van der Waals surface area contributed by atoms with Crippen molar-refractivity contribution in [3.8, 4) is 0 Å². The van der Waals surface area contributed by atoms with E-state index < -0.39 is 36.1 Å². The van der Waals surface area contributed by atoms with Gasteiger partial charge in [0, 0.05) is 12.1 Å². The van der Waals surface area contributed by atoms with E-state index in [0.29, 0.717) is 12.8 Å². The third-order valence-corrected chi connectivity index (χ3v) is 4.76. The fraction of sp³-hybridized carbons (Fsp3) is 0.778. The summed E-state index contributed by atoms with van der Waals surface area (Å²) in [7, 11) is 0. The lowest BCUT2D eigenvalue weighted by molar-refractivity contribution is -0.162. The first-order chi connectivity index (χ1) is 12.0. The zero-order chi connectivity index (χ0) is 20.2. The van der Waals surface area contributed by atoms with E-state index in [1.807, 2.05) is 27.7 Å². The van der Waals surface area contributed by atoms with E-state index in [4.69, 9.17) is 4.74 Å². The summed E-state index contributed by atoms with van der Waals surface area (Å²) in [6, 6.07) is -0.686. The van der Waals surface area contributed by atoms with Crippen LogP contribution in [0.1, 0.15) is 61.3 Å². The van der Waals surface area contributed by atoms with Crippen LogP contribution in [-0.4, -0.2) is 63.9 Å². The van der Waals surface area contributed by atoms with Crippen LogP contribution in [0, 0.1) is 0 Å². The van der Waals surface area contributed by atoms with Gasteiger partial charge >= 0.3 is 12.0 Å². The molecule has 0 aliphatic carbocycles. The van der Waals surface area contributed by atoms with Gasteiger partial charge in [0.15, 0.2) is 6.10 Å². The van der Waals surface area contributed by atoms with Gasteiger partial charge in [-0.2, -0.15) is 0 Å². The Labute approximate surface area is 155 Å². The lowest BCUT2D eigenvalue weighted by Gasteiger charge is -2.32. The molecule has 0 aromatic rings. The van der Waals surface area contributed by atoms with Gasteiger partial charge in [0.1, 0.15) is 12.1 Å². The number of hydrogen-bond acceptors (Lipinski definition) is 5. The topological polar surface area (TPSA) is 96.0 Å². The van der Waals surface area contributed by atoms with Crippen LogP contribution in [-0.2, 0) is 19.1 Å². The molecule has 1 aliphatic heterocycles. The summed E-state index contributed by atoms with van der Waals surface area (Å²) in [5, 5.41) is 2.65. The highest BCUT2D eigenvalue weighted by Gasteiger charge is 2.49.